The molecule has 0 fully saturated rings. The quantitative estimate of drug-likeness (QED) is 0.261. The molecule has 0 aliphatic carbocycles. The standard InChI is InChI=1S/C29H34N4O5/c1-5-10-24-26-27(32(4)31-24)28(34)33(20(3)30-26)17-18-37-22-15-13-21(14-16-22)19-25(29(35)36-6-2)38-23-11-8-7-9-12-23/h7-9,11-16,25H,5-6,10,17-19H2,1-4H3. The number of carbonyl (C=O) groups is 1. The van der Waals surface area contributed by atoms with Gasteiger partial charge in [-0.15, -0.1) is 0 Å². The van der Waals surface area contributed by atoms with Crippen molar-refractivity contribution in [3.8, 4) is 11.5 Å². The van der Waals surface area contributed by atoms with E-state index < -0.39 is 12.1 Å². The molecular formula is C29H34N4O5. The molecule has 9 nitrogen and oxygen atoms in total. The minimum Gasteiger partial charge on any atom is -0.492 e. The van der Waals surface area contributed by atoms with Crippen LogP contribution in [0.25, 0.3) is 11.0 Å². The first-order valence-electron chi connectivity index (χ1n) is 12.9. The number of carbonyl (C=O) groups excluding carboxylic acids is 1. The first kappa shape index (κ1) is 26.9. The first-order chi connectivity index (χ1) is 18.4. The van der Waals surface area contributed by atoms with Gasteiger partial charge in [-0.3, -0.25) is 14.0 Å². The van der Waals surface area contributed by atoms with E-state index in [1.807, 2.05) is 61.5 Å². The second-order valence-corrected chi connectivity index (χ2v) is 9.00. The molecular weight excluding hydrogens is 484 g/mol. The lowest BCUT2D eigenvalue weighted by molar-refractivity contribution is -0.151. The average Bonchev–Trinajstić information content (AvgIpc) is 3.22. The van der Waals surface area contributed by atoms with Crippen molar-refractivity contribution in [1.82, 2.24) is 19.3 Å². The Morgan fingerprint density at radius 3 is 2.45 bits per heavy atom. The minimum atomic E-state index is -0.758. The number of esters is 1. The SMILES string of the molecule is CCCc1nn(C)c2c(=O)n(CCOc3ccc(CC(Oc4ccccc4)C(=O)OCC)cc3)c(C)nc12. The Morgan fingerprint density at radius 1 is 1.03 bits per heavy atom. The zero-order chi connectivity index (χ0) is 27.1. The molecule has 0 saturated carbocycles. The largest absolute Gasteiger partial charge is 0.492 e. The van der Waals surface area contributed by atoms with Crippen LogP contribution in [0.15, 0.2) is 59.4 Å². The third kappa shape index (κ3) is 6.22. The molecule has 2 aromatic heterocycles. The first-order valence-corrected chi connectivity index (χ1v) is 12.9. The van der Waals surface area contributed by atoms with Crippen molar-refractivity contribution in [3.05, 3.63) is 82.0 Å². The van der Waals surface area contributed by atoms with Crippen LogP contribution in [0, 0.1) is 6.92 Å². The number of nitrogens with zero attached hydrogens (tertiary/aromatic N) is 4. The molecule has 0 N–H and O–H groups in total. The number of ether oxygens (including phenoxy) is 3. The van der Waals surface area contributed by atoms with Gasteiger partial charge in [0, 0.05) is 13.5 Å². The van der Waals surface area contributed by atoms with Crippen LogP contribution in [0.1, 0.15) is 37.4 Å². The maximum Gasteiger partial charge on any atom is 0.347 e. The lowest BCUT2D eigenvalue weighted by atomic mass is 10.1. The van der Waals surface area contributed by atoms with Crippen LogP contribution in [-0.2, 0) is 36.0 Å². The van der Waals surface area contributed by atoms with Gasteiger partial charge in [0.1, 0.15) is 29.4 Å². The number of hydrogen-bond donors (Lipinski definition) is 0. The lowest BCUT2D eigenvalue weighted by Crippen LogP contribution is -2.31. The van der Waals surface area contributed by atoms with E-state index in [1.54, 1.807) is 23.2 Å². The Labute approximate surface area is 222 Å². The molecule has 1 atom stereocenters. The molecule has 1 unspecified atom stereocenters. The Balaban J connectivity index is 1.40. The molecule has 0 spiro atoms. The van der Waals surface area contributed by atoms with Crippen LogP contribution in [0.3, 0.4) is 0 Å². The summed E-state index contributed by atoms with van der Waals surface area (Å²) >= 11 is 0. The van der Waals surface area contributed by atoms with Crippen molar-refractivity contribution < 1.29 is 19.0 Å². The van der Waals surface area contributed by atoms with Gasteiger partial charge in [0.15, 0.2) is 11.6 Å². The normalized spacial score (nSPS) is 11.9. The van der Waals surface area contributed by atoms with Gasteiger partial charge in [-0.05, 0) is 50.1 Å². The van der Waals surface area contributed by atoms with Gasteiger partial charge in [0.2, 0.25) is 0 Å². The summed E-state index contributed by atoms with van der Waals surface area (Å²) in [7, 11) is 1.78. The van der Waals surface area contributed by atoms with Gasteiger partial charge in [-0.25, -0.2) is 9.78 Å². The minimum absolute atomic E-state index is 0.118. The molecule has 0 amide bonds. The van der Waals surface area contributed by atoms with Gasteiger partial charge in [0.25, 0.3) is 5.56 Å². The molecule has 0 bridgehead atoms. The van der Waals surface area contributed by atoms with Gasteiger partial charge in [-0.1, -0.05) is 43.7 Å². The zero-order valence-electron chi connectivity index (χ0n) is 22.3. The smallest absolute Gasteiger partial charge is 0.347 e. The molecule has 9 heteroatoms. The fraction of sp³-hybridized carbons (Fsp3) is 0.379. The van der Waals surface area contributed by atoms with E-state index in [0.717, 1.165) is 24.1 Å². The zero-order valence-corrected chi connectivity index (χ0v) is 22.3. The van der Waals surface area contributed by atoms with Crippen molar-refractivity contribution in [1.29, 1.82) is 0 Å². The summed E-state index contributed by atoms with van der Waals surface area (Å²) < 4.78 is 20.3. The molecule has 0 radical (unpaired) electrons. The van der Waals surface area contributed by atoms with Crippen molar-refractivity contribution in [2.75, 3.05) is 13.2 Å². The predicted octanol–water partition coefficient (Wildman–Crippen LogP) is 4.02. The topological polar surface area (TPSA) is 97.5 Å². The van der Waals surface area contributed by atoms with E-state index in [4.69, 9.17) is 14.2 Å². The highest BCUT2D eigenvalue weighted by Crippen LogP contribution is 2.18. The maximum atomic E-state index is 13.2. The molecule has 38 heavy (non-hydrogen) atoms. The number of aryl methyl sites for hydroxylation is 3. The van der Waals surface area contributed by atoms with E-state index in [2.05, 4.69) is 17.0 Å². The van der Waals surface area contributed by atoms with Gasteiger partial charge < -0.3 is 14.2 Å². The van der Waals surface area contributed by atoms with Crippen molar-refractivity contribution in [2.24, 2.45) is 7.05 Å². The summed E-state index contributed by atoms with van der Waals surface area (Å²) in [6, 6.07) is 16.7. The summed E-state index contributed by atoms with van der Waals surface area (Å²) in [4.78, 5) is 30.3. The highest BCUT2D eigenvalue weighted by Gasteiger charge is 2.22. The third-order valence-electron chi connectivity index (χ3n) is 6.19. The summed E-state index contributed by atoms with van der Waals surface area (Å²) in [5.41, 5.74) is 2.84. The Hall–Kier alpha value is -4.14. The number of benzene rings is 2. The summed E-state index contributed by atoms with van der Waals surface area (Å²) in [6.45, 7) is 6.63. The van der Waals surface area contributed by atoms with Crippen LogP contribution >= 0.6 is 0 Å². The summed E-state index contributed by atoms with van der Waals surface area (Å²) in [5.74, 6) is 1.50. The van der Waals surface area contributed by atoms with E-state index in [0.29, 0.717) is 47.9 Å². The number of hydrogen-bond acceptors (Lipinski definition) is 7. The van der Waals surface area contributed by atoms with E-state index in [9.17, 15) is 9.59 Å². The Kier molecular flexibility index (Phi) is 8.78. The number of para-hydroxylation sites is 1. The van der Waals surface area contributed by atoms with Gasteiger partial charge >= 0.3 is 5.97 Å². The Bertz CT molecular complexity index is 1430. The fourth-order valence-electron chi connectivity index (χ4n) is 4.35. The van der Waals surface area contributed by atoms with Crippen molar-refractivity contribution in [3.63, 3.8) is 0 Å². The predicted molar refractivity (Wildman–Crippen MR) is 145 cm³/mol. The van der Waals surface area contributed by atoms with Crippen LogP contribution in [0.2, 0.25) is 0 Å². The second-order valence-electron chi connectivity index (χ2n) is 9.00. The van der Waals surface area contributed by atoms with Gasteiger partial charge in [-0.2, -0.15) is 5.10 Å². The van der Waals surface area contributed by atoms with Crippen LogP contribution < -0.4 is 15.0 Å². The lowest BCUT2D eigenvalue weighted by Gasteiger charge is -2.18. The molecule has 0 aliphatic rings. The molecule has 4 aromatic rings. The van der Waals surface area contributed by atoms with Crippen LogP contribution in [0.4, 0.5) is 0 Å². The Morgan fingerprint density at radius 2 is 1.76 bits per heavy atom. The number of aromatic nitrogens is 4. The molecule has 0 saturated heterocycles. The molecule has 2 aromatic carbocycles. The highest BCUT2D eigenvalue weighted by atomic mass is 16.6. The van der Waals surface area contributed by atoms with Crippen LogP contribution in [-0.4, -0.2) is 44.6 Å². The van der Waals surface area contributed by atoms with Gasteiger partial charge in [0.05, 0.1) is 18.8 Å². The average molecular weight is 519 g/mol. The highest BCUT2D eigenvalue weighted by molar-refractivity contribution is 5.77. The van der Waals surface area contributed by atoms with Crippen molar-refractivity contribution >= 4 is 17.0 Å². The molecule has 2 heterocycles. The summed E-state index contributed by atoms with van der Waals surface area (Å²) in [5, 5.41) is 4.50. The fourth-order valence-corrected chi connectivity index (χ4v) is 4.35. The summed E-state index contributed by atoms with van der Waals surface area (Å²) in [6.07, 6.45) is 1.32. The third-order valence-corrected chi connectivity index (χ3v) is 6.19. The number of rotatable bonds is 12. The molecule has 200 valence electrons. The maximum absolute atomic E-state index is 13.2. The van der Waals surface area contributed by atoms with E-state index >= 15 is 0 Å². The van der Waals surface area contributed by atoms with Crippen LogP contribution in [0.5, 0.6) is 11.5 Å². The molecule has 4 rings (SSSR count). The number of fused-ring (bicyclic) bond motifs is 1. The second kappa shape index (κ2) is 12.4. The van der Waals surface area contributed by atoms with E-state index in [1.165, 1.54) is 0 Å². The van der Waals surface area contributed by atoms with Crippen molar-refractivity contribution in [2.45, 2.75) is 52.7 Å². The monoisotopic (exact) mass is 518 g/mol. The van der Waals surface area contributed by atoms with E-state index in [-0.39, 0.29) is 12.2 Å². The molecule has 0 aliphatic heterocycles.